The van der Waals surface area contributed by atoms with Crippen LogP contribution in [0.4, 0.5) is 16.2 Å². The first kappa shape index (κ1) is 34.0. The zero-order valence-corrected chi connectivity index (χ0v) is 27.0. The second kappa shape index (κ2) is 13.9. The van der Waals surface area contributed by atoms with Crippen molar-refractivity contribution in [1.29, 1.82) is 0 Å². The van der Waals surface area contributed by atoms with Crippen molar-refractivity contribution in [3.8, 4) is 0 Å². The number of benzene rings is 2. The van der Waals surface area contributed by atoms with Gasteiger partial charge in [-0.1, -0.05) is 54.4 Å². The van der Waals surface area contributed by atoms with Crippen LogP contribution in [0.15, 0.2) is 42.5 Å². The fourth-order valence-corrected chi connectivity index (χ4v) is 4.94. The van der Waals surface area contributed by atoms with Crippen LogP contribution >= 0.6 is 23.2 Å². The van der Waals surface area contributed by atoms with E-state index in [4.69, 9.17) is 37.4 Å². The number of carbonyl (C=O) groups is 4. The molecule has 0 radical (unpaired) electrons. The van der Waals surface area contributed by atoms with Gasteiger partial charge in [0.15, 0.2) is 6.61 Å². The van der Waals surface area contributed by atoms with E-state index in [2.05, 4.69) is 10.6 Å². The van der Waals surface area contributed by atoms with Crippen molar-refractivity contribution in [3.05, 3.63) is 58.1 Å². The average molecular weight is 637 g/mol. The number of nitrogens with zero attached hydrogens (tertiary/aromatic N) is 1. The molecule has 1 fully saturated rings. The fourth-order valence-electron chi connectivity index (χ4n) is 4.45. The Morgan fingerprint density at radius 2 is 1.56 bits per heavy atom. The number of amides is 2. The predicted octanol–water partition coefficient (Wildman–Crippen LogP) is 6.05. The number of esters is 2. The van der Waals surface area contributed by atoms with E-state index in [1.54, 1.807) is 84.0 Å². The molecule has 3 rings (SSSR count). The zero-order valence-electron chi connectivity index (χ0n) is 25.5. The monoisotopic (exact) mass is 635 g/mol. The van der Waals surface area contributed by atoms with Gasteiger partial charge in [-0.05, 0) is 71.7 Å². The van der Waals surface area contributed by atoms with Crippen molar-refractivity contribution in [2.75, 3.05) is 11.9 Å². The van der Waals surface area contributed by atoms with Crippen molar-refractivity contribution in [1.82, 2.24) is 10.2 Å². The fraction of sp³-hybridized carbons (Fsp3) is 0.484. The lowest BCUT2D eigenvalue weighted by atomic mass is 10.1. The minimum Gasteiger partial charge on any atom is -0.453 e. The number of hydrogen-bond acceptors (Lipinski definition) is 8. The SMILES string of the molecule is CC[C@@H]1[C@@H]([C@H](OC(=O)COC(=O)Cc2ccccc2Nc2c(Cl)cccc2Cl)C(=O)NC(C)(C)C)N1C(=O)OC(C)(C)C. The normalized spacial score (nSPS) is 17.0. The zero-order chi connectivity index (χ0) is 32.1. The predicted molar refractivity (Wildman–Crippen MR) is 165 cm³/mol. The molecule has 0 aliphatic carbocycles. The van der Waals surface area contributed by atoms with Crippen LogP contribution in [0.5, 0.6) is 0 Å². The summed E-state index contributed by atoms with van der Waals surface area (Å²) in [5, 5.41) is 6.76. The van der Waals surface area contributed by atoms with Gasteiger partial charge in [-0.3, -0.25) is 14.5 Å². The summed E-state index contributed by atoms with van der Waals surface area (Å²) in [6, 6.07) is 11.0. The minimum atomic E-state index is -1.33. The quantitative estimate of drug-likeness (QED) is 0.184. The van der Waals surface area contributed by atoms with Crippen molar-refractivity contribution in [2.45, 2.75) is 90.6 Å². The molecule has 0 saturated carbocycles. The largest absolute Gasteiger partial charge is 0.453 e. The number of anilines is 2. The molecule has 10 nitrogen and oxygen atoms in total. The third-order valence-corrected chi connectivity index (χ3v) is 6.89. The highest BCUT2D eigenvalue weighted by Crippen LogP contribution is 2.37. The third-order valence-electron chi connectivity index (χ3n) is 6.26. The summed E-state index contributed by atoms with van der Waals surface area (Å²) in [6.07, 6.45) is -1.58. The molecule has 2 aromatic carbocycles. The molecule has 0 aromatic heterocycles. The maximum atomic E-state index is 13.2. The molecule has 1 aliphatic heterocycles. The summed E-state index contributed by atoms with van der Waals surface area (Å²) < 4.78 is 16.2. The summed E-state index contributed by atoms with van der Waals surface area (Å²) >= 11 is 12.5. The number of carbonyl (C=O) groups excluding carboxylic acids is 4. The summed E-state index contributed by atoms with van der Waals surface area (Å²) in [7, 11) is 0. The smallest absolute Gasteiger partial charge is 0.411 e. The highest BCUT2D eigenvalue weighted by Gasteiger charge is 2.59. The molecule has 234 valence electrons. The summed E-state index contributed by atoms with van der Waals surface area (Å²) in [6.45, 7) is 11.7. The van der Waals surface area contributed by atoms with E-state index in [0.717, 1.165) is 0 Å². The van der Waals surface area contributed by atoms with Crippen LogP contribution in [0.25, 0.3) is 0 Å². The van der Waals surface area contributed by atoms with Gasteiger partial charge in [-0.15, -0.1) is 0 Å². The first-order valence-corrected chi connectivity index (χ1v) is 14.7. The molecule has 0 spiro atoms. The van der Waals surface area contributed by atoms with E-state index in [-0.39, 0.29) is 12.5 Å². The molecule has 43 heavy (non-hydrogen) atoms. The number of nitrogens with one attached hydrogen (secondary N) is 2. The van der Waals surface area contributed by atoms with E-state index in [1.807, 2.05) is 6.92 Å². The Hall–Kier alpha value is -3.50. The molecular formula is C31H39Cl2N3O7. The van der Waals surface area contributed by atoms with Crippen LogP contribution in [0.3, 0.4) is 0 Å². The Bertz CT molecular complexity index is 1330. The lowest BCUT2D eigenvalue weighted by Crippen LogP contribution is -2.50. The van der Waals surface area contributed by atoms with Crippen molar-refractivity contribution in [3.63, 3.8) is 0 Å². The number of ether oxygens (including phenoxy) is 3. The van der Waals surface area contributed by atoms with Gasteiger partial charge in [0.25, 0.3) is 5.91 Å². The van der Waals surface area contributed by atoms with Gasteiger partial charge in [0.05, 0.1) is 28.2 Å². The standard InChI is InChI=1S/C31H39Cl2N3O7/c1-8-22-26(36(22)29(40)43-31(5,6)7)27(28(39)35-30(2,3)4)42-24(38)17-41-23(37)16-18-12-9-10-15-21(18)34-25-19(32)13-11-14-20(25)33/h9-15,22,26-27,34H,8,16-17H2,1-7H3,(H,35,39)/t22-,26+,27+,36?/m1/s1. The average Bonchev–Trinajstić information content (AvgIpc) is 3.61. The molecule has 2 aromatic rings. The first-order chi connectivity index (χ1) is 20.0. The molecule has 0 bridgehead atoms. The molecule has 1 aliphatic rings. The van der Waals surface area contributed by atoms with Crippen LogP contribution in [-0.2, 0) is 35.0 Å². The molecule has 12 heteroatoms. The molecule has 0 unspecified atom stereocenters. The molecule has 1 saturated heterocycles. The van der Waals surface area contributed by atoms with Crippen LogP contribution in [0.2, 0.25) is 10.0 Å². The molecular weight excluding hydrogens is 597 g/mol. The van der Waals surface area contributed by atoms with Crippen LogP contribution in [0.1, 0.15) is 60.5 Å². The van der Waals surface area contributed by atoms with Gasteiger partial charge in [-0.2, -0.15) is 0 Å². The van der Waals surface area contributed by atoms with Gasteiger partial charge in [0.2, 0.25) is 6.10 Å². The summed E-state index contributed by atoms with van der Waals surface area (Å²) in [5.41, 5.74) is 0.274. The maximum absolute atomic E-state index is 13.2. The number of hydrogen-bond donors (Lipinski definition) is 2. The first-order valence-electron chi connectivity index (χ1n) is 14.0. The Morgan fingerprint density at radius 1 is 0.930 bits per heavy atom. The highest BCUT2D eigenvalue weighted by molar-refractivity contribution is 6.39. The number of halogens is 2. The van der Waals surface area contributed by atoms with Gasteiger partial charge >= 0.3 is 18.0 Å². The summed E-state index contributed by atoms with van der Waals surface area (Å²) in [4.78, 5) is 53.0. The van der Waals surface area contributed by atoms with Gasteiger partial charge in [-0.25, -0.2) is 9.59 Å². The second-order valence-corrected chi connectivity index (χ2v) is 13.0. The van der Waals surface area contributed by atoms with E-state index in [9.17, 15) is 19.2 Å². The van der Waals surface area contributed by atoms with Gasteiger partial charge in [0, 0.05) is 11.2 Å². The van der Waals surface area contributed by atoms with Crippen LogP contribution < -0.4 is 10.6 Å². The Labute approximate surface area is 262 Å². The Morgan fingerprint density at radius 3 is 2.14 bits per heavy atom. The molecule has 2 amide bonds. The van der Waals surface area contributed by atoms with Crippen LogP contribution in [0, 0.1) is 0 Å². The van der Waals surface area contributed by atoms with Crippen molar-refractivity contribution < 1.29 is 33.4 Å². The minimum absolute atomic E-state index is 0.167. The van der Waals surface area contributed by atoms with Crippen molar-refractivity contribution in [2.24, 2.45) is 0 Å². The van der Waals surface area contributed by atoms with Gasteiger partial charge in [0.1, 0.15) is 11.6 Å². The third kappa shape index (κ3) is 9.76. The van der Waals surface area contributed by atoms with E-state index in [0.29, 0.717) is 33.4 Å². The molecule has 3 atom stereocenters. The van der Waals surface area contributed by atoms with E-state index < -0.39 is 53.8 Å². The van der Waals surface area contributed by atoms with E-state index >= 15 is 0 Å². The Kier molecular flexibility index (Phi) is 11.0. The topological polar surface area (TPSA) is 123 Å². The Balaban J connectivity index is 1.67. The highest BCUT2D eigenvalue weighted by atomic mass is 35.5. The molecule has 2 N–H and O–H groups in total. The number of para-hydroxylation sites is 2. The van der Waals surface area contributed by atoms with Gasteiger partial charge < -0.3 is 24.8 Å². The second-order valence-electron chi connectivity index (χ2n) is 12.2. The van der Waals surface area contributed by atoms with E-state index in [1.165, 1.54) is 4.90 Å². The molecule has 1 heterocycles. The number of rotatable bonds is 10. The summed E-state index contributed by atoms with van der Waals surface area (Å²) in [5.74, 6) is -2.19. The van der Waals surface area contributed by atoms with Crippen LogP contribution in [-0.4, -0.2) is 64.8 Å². The lowest BCUT2D eigenvalue weighted by Gasteiger charge is -2.25. The lowest BCUT2D eigenvalue weighted by molar-refractivity contribution is -0.165. The maximum Gasteiger partial charge on any atom is 0.411 e. The van der Waals surface area contributed by atoms with Crippen molar-refractivity contribution >= 4 is 58.5 Å².